The number of rotatable bonds is 8. The lowest BCUT2D eigenvalue weighted by Gasteiger charge is -2.34. The van der Waals surface area contributed by atoms with E-state index in [1.165, 1.54) is 24.8 Å². The quantitative estimate of drug-likeness (QED) is 0.719. The highest BCUT2D eigenvalue weighted by molar-refractivity contribution is 5.25. The molecule has 0 heterocycles. The van der Waals surface area contributed by atoms with Crippen LogP contribution in [0.1, 0.15) is 52.5 Å². The van der Waals surface area contributed by atoms with E-state index in [1.54, 1.807) is 0 Å². The van der Waals surface area contributed by atoms with Gasteiger partial charge in [0.05, 0.1) is 0 Å². The maximum atomic E-state index is 3.66. The second-order valence-electron chi connectivity index (χ2n) is 5.77. The Labute approximate surface area is 113 Å². The maximum absolute atomic E-state index is 3.66. The van der Waals surface area contributed by atoms with Crippen LogP contribution in [-0.2, 0) is 5.41 Å². The monoisotopic (exact) mass is 247 g/mol. The molecule has 0 fully saturated rings. The van der Waals surface area contributed by atoms with E-state index in [9.17, 15) is 0 Å². The lowest BCUT2D eigenvalue weighted by Crippen LogP contribution is -2.39. The van der Waals surface area contributed by atoms with E-state index in [1.807, 2.05) is 0 Å². The zero-order valence-electron chi connectivity index (χ0n) is 12.5. The molecule has 1 atom stereocenters. The minimum atomic E-state index is 0.310. The van der Waals surface area contributed by atoms with Gasteiger partial charge in [0.25, 0.3) is 0 Å². The van der Waals surface area contributed by atoms with Crippen molar-refractivity contribution in [2.45, 2.75) is 52.4 Å². The van der Waals surface area contributed by atoms with Crippen molar-refractivity contribution < 1.29 is 0 Å². The van der Waals surface area contributed by atoms with Gasteiger partial charge in [-0.3, -0.25) is 0 Å². The fraction of sp³-hybridized carbons (Fsp3) is 0.647. The van der Waals surface area contributed by atoms with Crippen LogP contribution in [0.5, 0.6) is 0 Å². The average molecular weight is 247 g/mol. The van der Waals surface area contributed by atoms with Crippen molar-refractivity contribution in [3.05, 3.63) is 35.9 Å². The minimum absolute atomic E-state index is 0.310. The molecule has 1 aromatic carbocycles. The van der Waals surface area contributed by atoms with E-state index in [0.29, 0.717) is 5.41 Å². The number of hydrogen-bond donors (Lipinski definition) is 1. The van der Waals surface area contributed by atoms with Gasteiger partial charge in [-0.25, -0.2) is 0 Å². The SMILES string of the molecule is CCCC(CC)(CNCC(C)C)c1ccccc1. The summed E-state index contributed by atoms with van der Waals surface area (Å²) in [6.07, 6.45) is 3.71. The first kappa shape index (κ1) is 15.2. The molecular formula is C17H29N. The summed E-state index contributed by atoms with van der Waals surface area (Å²) in [5.41, 5.74) is 1.80. The Morgan fingerprint density at radius 2 is 1.78 bits per heavy atom. The van der Waals surface area contributed by atoms with Gasteiger partial charge < -0.3 is 5.32 Å². The fourth-order valence-corrected chi connectivity index (χ4v) is 2.71. The van der Waals surface area contributed by atoms with Gasteiger partial charge in [-0.2, -0.15) is 0 Å². The van der Waals surface area contributed by atoms with E-state index in [-0.39, 0.29) is 0 Å². The van der Waals surface area contributed by atoms with Crippen LogP contribution in [0.15, 0.2) is 30.3 Å². The molecule has 1 rings (SSSR count). The van der Waals surface area contributed by atoms with Crippen LogP contribution in [0, 0.1) is 5.92 Å². The Morgan fingerprint density at radius 1 is 1.11 bits per heavy atom. The molecule has 0 aromatic heterocycles. The molecule has 0 saturated carbocycles. The van der Waals surface area contributed by atoms with Gasteiger partial charge in [-0.1, -0.05) is 64.4 Å². The summed E-state index contributed by atoms with van der Waals surface area (Å²) in [7, 11) is 0. The van der Waals surface area contributed by atoms with Gasteiger partial charge in [-0.15, -0.1) is 0 Å². The van der Waals surface area contributed by atoms with E-state index < -0.39 is 0 Å². The van der Waals surface area contributed by atoms with Gasteiger partial charge >= 0.3 is 0 Å². The molecule has 0 saturated heterocycles. The molecule has 0 bridgehead atoms. The van der Waals surface area contributed by atoms with Crippen LogP contribution in [0.25, 0.3) is 0 Å². The Morgan fingerprint density at radius 3 is 2.28 bits per heavy atom. The molecule has 0 aliphatic heterocycles. The molecule has 0 aliphatic carbocycles. The van der Waals surface area contributed by atoms with Crippen LogP contribution in [0.4, 0.5) is 0 Å². The first-order valence-electron chi connectivity index (χ1n) is 7.41. The molecule has 0 spiro atoms. The predicted octanol–water partition coefficient (Wildman–Crippen LogP) is 4.38. The highest BCUT2D eigenvalue weighted by atomic mass is 14.9. The third kappa shape index (κ3) is 4.13. The van der Waals surface area contributed by atoms with E-state index in [0.717, 1.165) is 19.0 Å². The van der Waals surface area contributed by atoms with E-state index in [4.69, 9.17) is 0 Å². The molecule has 1 nitrogen and oxygen atoms in total. The second-order valence-corrected chi connectivity index (χ2v) is 5.77. The second kappa shape index (κ2) is 7.58. The van der Waals surface area contributed by atoms with Gasteiger partial charge in [0.2, 0.25) is 0 Å². The summed E-state index contributed by atoms with van der Waals surface area (Å²) in [6.45, 7) is 11.3. The third-order valence-corrected chi connectivity index (χ3v) is 3.81. The summed E-state index contributed by atoms with van der Waals surface area (Å²) in [5.74, 6) is 0.719. The largest absolute Gasteiger partial charge is 0.316 e. The van der Waals surface area contributed by atoms with Crippen LogP contribution >= 0.6 is 0 Å². The van der Waals surface area contributed by atoms with E-state index >= 15 is 0 Å². The van der Waals surface area contributed by atoms with Crippen molar-refractivity contribution in [2.75, 3.05) is 13.1 Å². The Balaban J connectivity index is 2.80. The molecule has 1 unspecified atom stereocenters. The van der Waals surface area contributed by atoms with Crippen molar-refractivity contribution in [3.63, 3.8) is 0 Å². The van der Waals surface area contributed by atoms with Crippen LogP contribution < -0.4 is 5.32 Å². The topological polar surface area (TPSA) is 12.0 Å². The van der Waals surface area contributed by atoms with Crippen molar-refractivity contribution in [1.82, 2.24) is 5.32 Å². The van der Waals surface area contributed by atoms with Crippen molar-refractivity contribution in [2.24, 2.45) is 5.92 Å². The molecule has 0 aliphatic rings. The fourth-order valence-electron chi connectivity index (χ4n) is 2.71. The van der Waals surface area contributed by atoms with Gasteiger partial charge in [0.15, 0.2) is 0 Å². The summed E-state index contributed by atoms with van der Waals surface area (Å²) in [6, 6.07) is 11.0. The molecule has 1 aromatic rings. The van der Waals surface area contributed by atoms with Gasteiger partial charge in [0, 0.05) is 12.0 Å². The molecular weight excluding hydrogens is 218 g/mol. The lowest BCUT2D eigenvalue weighted by atomic mass is 9.74. The number of hydrogen-bond acceptors (Lipinski definition) is 1. The average Bonchev–Trinajstić information content (AvgIpc) is 2.38. The zero-order valence-corrected chi connectivity index (χ0v) is 12.5. The van der Waals surface area contributed by atoms with Crippen molar-refractivity contribution >= 4 is 0 Å². The minimum Gasteiger partial charge on any atom is -0.316 e. The Kier molecular flexibility index (Phi) is 6.42. The van der Waals surface area contributed by atoms with Crippen LogP contribution in [-0.4, -0.2) is 13.1 Å². The normalized spacial score (nSPS) is 14.7. The lowest BCUT2D eigenvalue weighted by molar-refractivity contribution is 0.343. The summed E-state index contributed by atoms with van der Waals surface area (Å²) >= 11 is 0. The van der Waals surface area contributed by atoms with Crippen molar-refractivity contribution in [3.8, 4) is 0 Å². The molecule has 0 radical (unpaired) electrons. The highest BCUT2D eigenvalue weighted by Gasteiger charge is 2.28. The van der Waals surface area contributed by atoms with Gasteiger partial charge in [0.1, 0.15) is 0 Å². The summed E-state index contributed by atoms with van der Waals surface area (Å²) in [4.78, 5) is 0. The summed E-state index contributed by atoms with van der Waals surface area (Å²) in [5, 5.41) is 3.66. The van der Waals surface area contributed by atoms with Gasteiger partial charge in [-0.05, 0) is 30.9 Å². The molecule has 102 valence electrons. The highest BCUT2D eigenvalue weighted by Crippen LogP contribution is 2.32. The maximum Gasteiger partial charge on any atom is 0.00750 e. The summed E-state index contributed by atoms with van der Waals surface area (Å²) < 4.78 is 0. The smallest absolute Gasteiger partial charge is 0.00750 e. The number of benzene rings is 1. The Hall–Kier alpha value is -0.820. The van der Waals surface area contributed by atoms with Crippen LogP contribution in [0.3, 0.4) is 0 Å². The predicted molar refractivity (Wildman–Crippen MR) is 81.0 cm³/mol. The third-order valence-electron chi connectivity index (χ3n) is 3.81. The molecule has 18 heavy (non-hydrogen) atoms. The zero-order chi connectivity index (χ0) is 13.4. The van der Waals surface area contributed by atoms with Crippen LogP contribution in [0.2, 0.25) is 0 Å². The first-order valence-corrected chi connectivity index (χ1v) is 7.41. The molecule has 1 N–H and O–H groups in total. The molecule has 0 amide bonds. The number of nitrogens with one attached hydrogen (secondary N) is 1. The van der Waals surface area contributed by atoms with Crippen molar-refractivity contribution in [1.29, 1.82) is 0 Å². The first-order chi connectivity index (χ1) is 8.64. The standard InChI is InChI=1S/C17H29N/c1-5-12-17(6-2,14-18-13-15(3)4)16-10-8-7-9-11-16/h7-11,15,18H,5-6,12-14H2,1-4H3. The Bertz CT molecular complexity index is 318. The molecule has 1 heteroatoms. The van der Waals surface area contributed by atoms with E-state index in [2.05, 4.69) is 63.3 Å².